The first kappa shape index (κ1) is 17.3. The third-order valence-electron chi connectivity index (χ3n) is 4.08. The van der Waals surface area contributed by atoms with Crippen LogP contribution in [0.1, 0.15) is 24.4 Å². The number of urea groups is 1. The second kappa shape index (κ2) is 8.53. The van der Waals surface area contributed by atoms with Crippen molar-refractivity contribution >= 4 is 12.0 Å². The summed E-state index contributed by atoms with van der Waals surface area (Å²) in [7, 11) is 2.99. The molecule has 2 atom stereocenters. The first-order valence-electron chi connectivity index (χ1n) is 7.83. The maximum atomic E-state index is 12.5. The number of hydrogen-bond donors (Lipinski definition) is 1. The Morgan fingerprint density at radius 1 is 1.30 bits per heavy atom. The highest BCUT2D eigenvalue weighted by Crippen LogP contribution is 2.19. The number of nitrogens with one attached hydrogen (secondary N) is 1. The van der Waals surface area contributed by atoms with Crippen LogP contribution in [0, 0.1) is 5.92 Å². The SMILES string of the molecule is COC[C@H](NC(=O)N1CCC[C@@H](C(=O)OC)C1)c1ccccc1. The van der Waals surface area contributed by atoms with Crippen molar-refractivity contribution in [3.63, 3.8) is 0 Å². The van der Waals surface area contributed by atoms with Gasteiger partial charge in [0.2, 0.25) is 0 Å². The van der Waals surface area contributed by atoms with E-state index in [1.54, 1.807) is 12.0 Å². The van der Waals surface area contributed by atoms with Crippen LogP contribution >= 0.6 is 0 Å². The molecule has 1 aliphatic heterocycles. The number of ether oxygens (including phenoxy) is 2. The van der Waals surface area contributed by atoms with Gasteiger partial charge >= 0.3 is 12.0 Å². The Balaban J connectivity index is 1.99. The van der Waals surface area contributed by atoms with Crippen LogP contribution in [-0.4, -0.2) is 50.8 Å². The third-order valence-corrected chi connectivity index (χ3v) is 4.08. The van der Waals surface area contributed by atoms with Gasteiger partial charge in [0.25, 0.3) is 0 Å². The van der Waals surface area contributed by atoms with E-state index in [0.717, 1.165) is 18.4 Å². The summed E-state index contributed by atoms with van der Waals surface area (Å²) in [6, 6.07) is 9.31. The van der Waals surface area contributed by atoms with Crippen LogP contribution in [0.25, 0.3) is 0 Å². The molecule has 0 radical (unpaired) electrons. The number of carbonyl (C=O) groups excluding carboxylic acids is 2. The number of likely N-dealkylation sites (tertiary alicyclic amines) is 1. The number of benzene rings is 1. The summed E-state index contributed by atoms with van der Waals surface area (Å²) in [5.74, 6) is -0.490. The topological polar surface area (TPSA) is 67.9 Å². The lowest BCUT2D eigenvalue weighted by Crippen LogP contribution is -2.48. The molecule has 1 N–H and O–H groups in total. The number of piperidine rings is 1. The summed E-state index contributed by atoms with van der Waals surface area (Å²) in [6.45, 7) is 1.44. The zero-order valence-corrected chi connectivity index (χ0v) is 13.7. The summed E-state index contributed by atoms with van der Waals surface area (Å²) < 4.78 is 10.0. The average Bonchev–Trinajstić information content (AvgIpc) is 2.61. The lowest BCUT2D eigenvalue weighted by molar-refractivity contribution is -0.146. The van der Waals surface area contributed by atoms with Crippen LogP contribution in [-0.2, 0) is 14.3 Å². The second-order valence-electron chi connectivity index (χ2n) is 5.68. The molecule has 1 fully saturated rings. The maximum Gasteiger partial charge on any atom is 0.317 e. The molecule has 0 unspecified atom stereocenters. The monoisotopic (exact) mass is 320 g/mol. The van der Waals surface area contributed by atoms with E-state index in [0.29, 0.717) is 19.7 Å². The number of carbonyl (C=O) groups is 2. The van der Waals surface area contributed by atoms with Gasteiger partial charge in [-0.15, -0.1) is 0 Å². The van der Waals surface area contributed by atoms with Gasteiger partial charge in [-0.2, -0.15) is 0 Å². The van der Waals surface area contributed by atoms with Crippen LogP contribution in [0.5, 0.6) is 0 Å². The van der Waals surface area contributed by atoms with Crippen molar-refractivity contribution in [2.45, 2.75) is 18.9 Å². The summed E-state index contributed by atoms with van der Waals surface area (Å²) in [5.41, 5.74) is 0.990. The van der Waals surface area contributed by atoms with Crippen molar-refractivity contribution in [3.05, 3.63) is 35.9 Å². The first-order valence-corrected chi connectivity index (χ1v) is 7.83. The zero-order valence-electron chi connectivity index (χ0n) is 13.7. The number of hydrogen-bond acceptors (Lipinski definition) is 4. The fourth-order valence-corrected chi connectivity index (χ4v) is 2.83. The molecule has 23 heavy (non-hydrogen) atoms. The van der Waals surface area contributed by atoms with Gasteiger partial charge in [-0.3, -0.25) is 4.79 Å². The Morgan fingerprint density at radius 2 is 2.04 bits per heavy atom. The summed E-state index contributed by atoms with van der Waals surface area (Å²) in [6.07, 6.45) is 1.56. The van der Waals surface area contributed by atoms with Crippen molar-refractivity contribution in [1.29, 1.82) is 0 Å². The van der Waals surface area contributed by atoms with Crippen LogP contribution in [0.15, 0.2) is 30.3 Å². The van der Waals surface area contributed by atoms with E-state index in [9.17, 15) is 9.59 Å². The molecule has 126 valence electrons. The van der Waals surface area contributed by atoms with Gasteiger partial charge in [0.1, 0.15) is 0 Å². The minimum absolute atomic E-state index is 0.176. The molecule has 6 nitrogen and oxygen atoms in total. The van der Waals surface area contributed by atoms with Gasteiger partial charge in [0.05, 0.1) is 25.7 Å². The molecule has 0 spiro atoms. The Hall–Kier alpha value is -2.08. The molecular weight excluding hydrogens is 296 g/mol. The normalized spacial score (nSPS) is 19.0. The molecule has 1 aromatic rings. The molecule has 1 aliphatic rings. The minimum atomic E-state index is -0.251. The van der Waals surface area contributed by atoms with E-state index in [2.05, 4.69) is 5.32 Å². The van der Waals surface area contributed by atoms with E-state index in [1.165, 1.54) is 7.11 Å². The summed E-state index contributed by atoms with van der Waals surface area (Å²) in [4.78, 5) is 25.9. The predicted octanol–water partition coefficient (Wildman–Crippen LogP) is 1.97. The van der Waals surface area contributed by atoms with E-state index in [1.807, 2.05) is 30.3 Å². The maximum absolute atomic E-state index is 12.5. The fraction of sp³-hybridized carbons (Fsp3) is 0.529. The van der Waals surface area contributed by atoms with Crippen molar-refractivity contribution in [2.75, 3.05) is 33.9 Å². The van der Waals surface area contributed by atoms with Gasteiger partial charge in [-0.25, -0.2) is 4.79 Å². The van der Waals surface area contributed by atoms with Crippen LogP contribution < -0.4 is 5.32 Å². The van der Waals surface area contributed by atoms with Gasteiger partial charge in [0.15, 0.2) is 0 Å². The number of nitrogens with zero attached hydrogens (tertiary/aromatic N) is 1. The van der Waals surface area contributed by atoms with Gasteiger partial charge in [-0.05, 0) is 18.4 Å². The minimum Gasteiger partial charge on any atom is -0.469 e. The third kappa shape index (κ3) is 4.69. The van der Waals surface area contributed by atoms with E-state index in [-0.39, 0.29) is 24.0 Å². The number of amides is 2. The van der Waals surface area contributed by atoms with E-state index >= 15 is 0 Å². The van der Waals surface area contributed by atoms with Crippen molar-refractivity contribution in [3.8, 4) is 0 Å². The molecule has 0 aromatic heterocycles. The van der Waals surface area contributed by atoms with E-state index < -0.39 is 0 Å². The molecule has 0 bridgehead atoms. The molecule has 6 heteroatoms. The molecule has 2 rings (SSSR count). The molecule has 0 saturated carbocycles. The number of rotatable bonds is 5. The highest BCUT2D eigenvalue weighted by atomic mass is 16.5. The van der Waals surface area contributed by atoms with Crippen LogP contribution in [0.2, 0.25) is 0 Å². The number of methoxy groups -OCH3 is 2. The number of esters is 1. The highest BCUT2D eigenvalue weighted by molar-refractivity contribution is 5.77. The fourth-order valence-electron chi connectivity index (χ4n) is 2.83. The standard InChI is InChI=1S/C17H24N2O4/c1-22-12-15(13-7-4-3-5-8-13)18-17(21)19-10-6-9-14(11-19)16(20)23-2/h3-5,7-8,14-15H,6,9-12H2,1-2H3,(H,18,21)/t14-,15+/m1/s1. The predicted molar refractivity (Wildman–Crippen MR) is 85.9 cm³/mol. The largest absolute Gasteiger partial charge is 0.469 e. The molecule has 1 heterocycles. The highest BCUT2D eigenvalue weighted by Gasteiger charge is 2.30. The van der Waals surface area contributed by atoms with Crippen LogP contribution in [0.4, 0.5) is 4.79 Å². The van der Waals surface area contributed by atoms with Crippen molar-refractivity contribution < 1.29 is 19.1 Å². The summed E-state index contributed by atoms with van der Waals surface area (Å²) in [5, 5.41) is 2.99. The van der Waals surface area contributed by atoms with Crippen LogP contribution in [0.3, 0.4) is 0 Å². The lowest BCUT2D eigenvalue weighted by Gasteiger charge is -2.32. The zero-order chi connectivity index (χ0) is 16.7. The molecule has 0 aliphatic carbocycles. The molecule has 2 amide bonds. The first-order chi connectivity index (χ1) is 11.2. The quantitative estimate of drug-likeness (QED) is 0.842. The Kier molecular flexibility index (Phi) is 6.40. The van der Waals surface area contributed by atoms with Crippen molar-refractivity contribution in [1.82, 2.24) is 10.2 Å². The van der Waals surface area contributed by atoms with Gasteiger partial charge in [0, 0.05) is 20.2 Å². The smallest absolute Gasteiger partial charge is 0.317 e. The Labute approximate surface area is 136 Å². The molecule has 1 saturated heterocycles. The Bertz CT molecular complexity index is 521. The molecular formula is C17H24N2O4. The van der Waals surface area contributed by atoms with E-state index in [4.69, 9.17) is 9.47 Å². The summed E-state index contributed by atoms with van der Waals surface area (Å²) >= 11 is 0. The Morgan fingerprint density at radius 3 is 2.70 bits per heavy atom. The van der Waals surface area contributed by atoms with Gasteiger partial charge < -0.3 is 19.7 Å². The van der Waals surface area contributed by atoms with Crippen molar-refractivity contribution in [2.24, 2.45) is 5.92 Å². The second-order valence-corrected chi connectivity index (χ2v) is 5.68. The lowest BCUT2D eigenvalue weighted by atomic mass is 9.98. The average molecular weight is 320 g/mol. The van der Waals surface area contributed by atoms with Gasteiger partial charge in [-0.1, -0.05) is 30.3 Å². The molecule has 1 aromatic carbocycles.